The van der Waals surface area contributed by atoms with Crippen LogP contribution in [0.15, 0.2) is 29.3 Å². The standard InChI is InChI=1S/C22H33NO/c1-15(2)7-8-18(5)23-21-10-9-20(12-17(21)4)16(3)11-19-13-22(6,24)14-19/h9-12,15,19,24H,7-8,13-14H2,1-6H3/b16-11+,23-18?. The SMILES string of the molecule is CC(CCC(C)C)=Nc1ccc(/C(C)=C/C2CC(C)(O)C2)cc1C. The molecule has 1 N–H and O–H groups in total. The molecule has 0 heterocycles. The predicted molar refractivity (Wildman–Crippen MR) is 105 cm³/mol. The minimum absolute atomic E-state index is 0.455. The van der Waals surface area contributed by atoms with E-state index >= 15 is 0 Å². The maximum absolute atomic E-state index is 9.87. The molecule has 24 heavy (non-hydrogen) atoms. The highest BCUT2D eigenvalue weighted by Gasteiger charge is 2.36. The lowest BCUT2D eigenvalue weighted by molar-refractivity contribution is -0.0413. The van der Waals surface area contributed by atoms with Gasteiger partial charge in [-0.1, -0.05) is 26.0 Å². The van der Waals surface area contributed by atoms with Gasteiger partial charge in [0.2, 0.25) is 0 Å². The van der Waals surface area contributed by atoms with E-state index < -0.39 is 5.60 Å². The van der Waals surface area contributed by atoms with E-state index in [9.17, 15) is 5.11 Å². The fourth-order valence-electron chi connectivity index (χ4n) is 3.42. The summed E-state index contributed by atoms with van der Waals surface area (Å²) in [5.74, 6) is 1.23. The highest BCUT2D eigenvalue weighted by Crippen LogP contribution is 2.39. The van der Waals surface area contributed by atoms with Crippen LogP contribution in [0, 0.1) is 18.8 Å². The number of allylic oxidation sites excluding steroid dienone is 2. The van der Waals surface area contributed by atoms with Crippen LogP contribution in [0.4, 0.5) is 5.69 Å². The van der Waals surface area contributed by atoms with E-state index in [2.05, 4.69) is 58.9 Å². The van der Waals surface area contributed by atoms with Crippen LogP contribution in [-0.2, 0) is 0 Å². The molecular formula is C22H33NO. The Morgan fingerprint density at radius 3 is 2.54 bits per heavy atom. The monoisotopic (exact) mass is 327 g/mol. The van der Waals surface area contributed by atoms with Crippen molar-refractivity contribution < 1.29 is 5.11 Å². The number of aryl methyl sites for hydroxylation is 1. The molecule has 2 heteroatoms. The quantitative estimate of drug-likeness (QED) is 0.630. The molecule has 0 aliphatic heterocycles. The van der Waals surface area contributed by atoms with E-state index in [0.717, 1.165) is 30.9 Å². The molecule has 1 aromatic rings. The highest BCUT2D eigenvalue weighted by molar-refractivity contribution is 5.85. The van der Waals surface area contributed by atoms with Gasteiger partial charge in [-0.2, -0.15) is 0 Å². The van der Waals surface area contributed by atoms with Crippen LogP contribution in [0.1, 0.15) is 71.4 Å². The number of aliphatic imine (C=N–C) groups is 1. The molecule has 0 amide bonds. The van der Waals surface area contributed by atoms with Gasteiger partial charge in [-0.25, -0.2) is 0 Å². The summed E-state index contributed by atoms with van der Waals surface area (Å²) in [4.78, 5) is 4.80. The van der Waals surface area contributed by atoms with Crippen molar-refractivity contribution in [1.29, 1.82) is 0 Å². The Bertz CT molecular complexity index is 629. The maximum Gasteiger partial charge on any atom is 0.0658 e. The number of nitrogens with zero attached hydrogens (tertiary/aromatic N) is 1. The molecule has 1 aromatic carbocycles. The molecule has 0 saturated heterocycles. The van der Waals surface area contributed by atoms with Crippen LogP contribution in [0.5, 0.6) is 0 Å². The third-order valence-corrected chi connectivity index (χ3v) is 4.94. The zero-order valence-electron chi connectivity index (χ0n) is 16.2. The van der Waals surface area contributed by atoms with Crippen LogP contribution in [0.2, 0.25) is 0 Å². The second kappa shape index (κ2) is 7.65. The van der Waals surface area contributed by atoms with Crippen LogP contribution in [0.3, 0.4) is 0 Å². The third-order valence-electron chi connectivity index (χ3n) is 4.94. The molecule has 0 unspecified atom stereocenters. The molecular weight excluding hydrogens is 294 g/mol. The normalized spacial score (nSPS) is 25.1. The first-order chi connectivity index (χ1) is 11.2. The van der Waals surface area contributed by atoms with Crippen molar-refractivity contribution >= 4 is 17.0 Å². The highest BCUT2D eigenvalue weighted by atomic mass is 16.3. The van der Waals surface area contributed by atoms with Gasteiger partial charge < -0.3 is 5.11 Å². The van der Waals surface area contributed by atoms with Gasteiger partial charge in [0.15, 0.2) is 0 Å². The Kier molecular flexibility index (Phi) is 6.03. The summed E-state index contributed by atoms with van der Waals surface area (Å²) in [6.45, 7) is 12.9. The molecule has 1 fully saturated rings. The van der Waals surface area contributed by atoms with Crippen molar-refractivity contribution in [3.63, 3.8) is 0 Å². The van der Waals surface area contributed by atoms with Gasteiger partial charge in [-0.15, -0.1) is 0 Å². The van der Waals surface area contributed by atoms with E-state index in [1.54, 1.807) is 0 Å². The first-order valence-electron chi connectivity index (χ1n) is 9.22. The van der Waals surface area contributed by atoms with Crippen molar-refractivity contribution in [1.82, 2.24) is 0 Å². The summed E-state index contributed by atoms with van der Waals surface area (Å²) in [6, 6.07) is 6.54. The summed E-state index contributed by atoms with van der Waals surface area (Å²) < 4.78 is 0. The van der Waals surface area contributed by atoms with E-state index in [-0.39, 0.29) is 0 Å². The Morgan fingerprint density at radius 1 is 1.33 bits per heavy atom. The molecule has 0 atom stereocenters. The van der Waals surface area contributed by atoms with Crippen molar-refractivity contribution in [3.8, 4) is 0 Å². The zero-order valence-corrected chi connectivity index (χ0v) is 16.2. The fourth-order valence-corrected chi connectivity index (χ4v) is 3.42. The Hall–Kier alpha value is -1.41. The number of hydrogen-bond donors (Lipinski definition) is 1. The molecule has 1 aliphatic rings. The number of benzene rings is 1. The first kappa shape index (κ1) is 18.9. The van der Waals surface area contributed by atoms with E-state index in [0.29, 0.717) is 5.92 Å². The topological polar surface area (TPSA) is 32.6 Å². The summed E-state index contributed by atoms with van der Waals surface area (Å²) in [5, 5.41) is 9.87. The summed E-state index contributed by atoms with van der Waals surface area (Å²) in [7, 11) is 0. The molecule has 2 nitrogen and oxygen atoms in total. The van der Waals surface area contributed by atoms with Crippen molar-refractivity contribution in [3.05, 3.63) is 35.4 Å². The first-order valence-corrected chi connectivity index (χ1v) is 9.22. The average molecular weight is 328 g/mol. The molecule has 2 rings (SSSR count). The molecule has 0 spiro atoms. The fraction of sp³-hybridized carbons (Fsp3) is 0.591. The van der Waals surface area contributed by atoms with Gasteiger partial charge in [0.05, 0.1) is 11.3 Å². The molecule has 1 aliphatic carbocycles. The number of rotatable bonds is 6. The Labute approximate surface area is 147 Å². The van der Waals surface area contributed by atoms with Crippen LogP contribution in [-0.4, -0.2) is 16.4 Å². The van der Waals surface area contributed by atoms with Gasteiger partial charge >= 0.3 is 0 Å². The van der Waals surface area contributed by atoms with Crippen molar-refractivity contribution in [2.75, 3.05) is 0 Å². The maximum atomic E-state index is 9.87. The van der Waals surface area contributed by atoms with Gasteiger partial charge in [0.1, 0.15) is 0 Å². The van der Waals surface area contributed by atoms with Gasteiger partial charge in [0, 0.05) is 5.71 Å². The third kappa shape index (κ3) is 5.31. The molecule has 132 valence electrons. The minimum Gasteiger partial charge on any atom is -0.390 e. The van der Waals surface area contributed by atoms with Crippen molar-refractivity contribution in [2.24, 2.45) is 16.8 Å². The van der Waals surface area contributed by atoms with Gasteiger partial charge in [-0.05, 0) is 94.0 Å². The number of aliphatic hydroxyl groups is 1. The predicted octanol–water partition coefficient (Wildman–Crippen LogP) is 6.09. The Morgan fingerprint density at radius 2 is 2.00 bits per heavy atom. The van der Waals surface area contributed by atoms with E-state index in [1.807, 2.05) is 6.92 Å². The van der Waals surface area contributed by atoms with E-state index in [4.69, 9.17) is 4.99 Å². The van der Waals surface area contributed by atoms with Crippen LogP contribution >= 0.6 is 0 Å². The lowest BCUT2D eigenvalue weighted by Crippen LogP contribution is -2.39. The smallest absolute Gasteiger partial charge is 0.0658 e. The average Bonchev–Trinajstić information content (AvgIpc) is 2.45. The van der Waals surface area contributed by atoms with Crippen LogP contribution < -0.4 is 0 Å². The number of hydrogen-bond acceptors (Lipinski definition) is 2. The Balaban J connectivity index is 2.06. The second-order valence-corrected chi connectivity index (χ2v) is 8.30. The van der Waals surface area contributed by atoms with Crippen molar-refractivity contribution in [2.45, 2.75) is 72.8 Å². The van der Waals surface area contributed by atoms with E-state index in [1.165, 1.54) is 28.8 Å². The molecule has 0 aromatic heterocycles. The molecule has 0 bridgehead atoms. The summed E-state index contributed by atoms with van der Waals surface area (Å²) in [6.07, 6.45) is 6.32. The summed E-state index contributed by atoms with van der Waals surface area (Å²) >= 11 is 0. The van der Waals surface area contributed by atoms with Crippen LogP contribution in [0.25, 0.3) is 5.57 Å². The summed E-state index contributed by atoms with van der Waals surface area (Å²) in [5.41, 5.74) is 5.62. The minimum atomic E-state index is -0.455. The second-order valence-electron chi connectivity index (χ2n) is 8.30. The molecule has 0 radical (unpaired) electrons. The lowest BCUT2D eigenvalue weighted by atomic mass is 9.71. The largest absolute Gasteiger partial charge is 0.390 e. The van der Waals surface area contributed by atoms with Gasteiger partial charge in [-0.3, -0.25) is 4.99 Å². The van der Waals surface area contributed by atoms with Gasteiger partial charge in [0.25, 0.3) is 0 Å². The molecule has 1 saturated carbocycles. The lowest BCUT2D eigenvalue weighted by Gasteiger charge is -2.39. The zero-order chi connectivity index (χ0) is 17.9.